The van der Waals surface area contributed by atoms with Crippen LogP contribution in [0.25, 0.3) is 11.4 Å². The number of nitrogens with zero attached hydrogens (tertiary/aromatic N) is 2. The molecular weight excluding hydrogens is 302 g/mol. The lowest BCUT2D eigenvalue weighted by atomic mass is 9.92. The molecule has 2 aromatic carbocycles. The minimum atomic E-state index is -0.433. The smallest absolute Gasteiger partial charge is 0.240 e. The van der Waals surface area contributed by atoms with E-state index in [9.17, 15) is 5.11 Å². The van der Waals surface area contributed by atoms with Gasteiger partial charge in [0.2, 0.25) is 11.7 Å². The molecule has 2 N–H and O–H groups in total. The monoisotopic (exact) mass is 321 g/mol. The minimum Gasteiger partial charge on any atom is -0.394 e. The molecule has 24 heavy (non-hydrogen) atoms. The molecule has 0 spiro atoms. The first kappa shape index (κ1) is 15.1. The number of benzene rings is 2. The van der Waals surface area contributed by atoms with Gasteiger partial charge in [0, 0.05) is 5.56 Å². The van der Waals surface area contributed by atoms with Gasteiger partial charge in [-0.1, -0.05) is 59.8 Å². The Kier molecular flexibility index (Phi) is 3.88. The van der Waals surface area contributed by atoms with Crippen molar-refractivity contribution in [1.82, 2.24) is 15.5 Å². The summed E-state index contributed by atoms with van der Waals surface area (Å²) < 4.78 is 5.35. The van der Waals surface area contributed by atoms with Gasteiger partial charge < -0.3 is 9.63 Å². The average Bonchev–Trinajstić information content (AvgIpc) is 3.26. The quantitative estimate of drug-likeness (QED) is 0.756. The molecule has 4 rings (SSSR count). The van der Waals surface area contributed by atoms with Gasteiger partial charge in [0.1, 0.15) is 0 Å². The molecule has 0 amide bonds. The normalized spacial score (nSPS) is 19.4. The molecule has 1 atom stereocenters. The summed E-state index contributed by atoms with van der Waals surface area (Å²) in [4.78, 5) is 4.44. The van der Waals surface area contributed by atoms with E-state index in [2.05, 4.69) is 27.6 Å². The molecule has 1 heterocycles. The largest absolute Gasteiger partial charge is 0.394 e. The van der Waals surface area contributed by atoms with Crippen LogP contribution < -0.4 is 5.32 Å². The fraction of sp³-hybridized carbons (Fsp3) is 0.263. The van der Waals surface area contributed by atoms with E-state index in [0.717, 1.165) is 24.0 Å². The van der Waals surface area contributed by atoms with Crippen LogP contribution in [0.5, 0.6) is 0 Å². The van der Waals surface area contributed by atoms with Crippen molar-refractivity contribution in [2.45, 2.75) is 24.9 Å². The highest BCUT2D eigenvalue weighted by molar-refractivity contribution is 5.53. The predicted molar refractivity (Wildman–Crippen MR) is 90.1 cm³/mol. The fourth-order valence-corrected chi connectivity index (χ4v) is 3.37. The molecule has 0 bridgehead atoms. The Balaban J connectivity index is 1.52. The second kappa shape index (κ2) is 6.19. The fourth-order valence-electron chi connectivity index (χ4n) is 3.37. The standard InChI is InChI=1S/C19H19N3O2/c23-13-19(11-10-14-6-4-5-9-16(14)19)20-12-17-21-18(22-24-17)15-7-2-1-3-8-15/h1-9,20,23H,10-13H2. The number of fused-ring (bicyclic) bond motifs is 1. The Labute approximate surface area is 140 Å². The zero-order valence-electron chi connectivity index (χ0n) is 13.3. The number of aryl methyl sites for hydroxylation is 1. The zero-order chi connectivity index (χ0) is 16.4. The Morgan fingerprint density at radius 2 is 1.88 bits per heavy atom. The van der Waals surface area contributed by atoms with Crippen molar-refractivity contribution in [2.75, 3.05) is 6.61 Å². The third kappa shape index (κ3) is 2.62. The van der Waals surface area contributed by atoms with Crippen molar-refractivity contribution >= 4 is 0 Å². The van der Waals surface area contributed by atoms with E-state index in [1.807, 2.05) is 42.5 Å². The second-order valence-electron chi connectivity index (χ2n) is 6.13. The molecule has 0 fully saturated rings. The highest BCUT2D eigenvalue weighted by Gasteiger charge is 2.37. The SMILES string of the molecule is OCC1(NCc2nc(-c3ccccc3)no2)CCc2ccccc21. The molecule has 1 aliphatic rings. The van der Waals surface area contributed by atoms with Gasteiger partial charge in [-0.3, -0.25) is 5.32 Å². The highest BCUT2D eigenvalue weighted by Crippen LogP contribution is 2.36. The van der Waals surface area contributed by atoms with Crippen LogP contribution in [-0.2, 0) is 18.5 Å². The summed E-state index contributed by atoms with van der Waals surface area (Å²) in [6.07, 6.45) is 1.82. The van der Waals surface area contributed by atoms with Gasteiger partial charge in [-0.2, -0.15) is 4.98 Å². The number of hydrogen-bond acceptors (Lipinski definition) is 5. The van der Waals surface area contributed by atoms with E-state index >= 15 is 0 Å². The van der Waals surface area contributed by atoms with E-state index in [4.69, 9.17) is 4.52 Å². The summed E-state index contributed by atoms with van der Waals surface area (Å²) in [5.74, 6) is 1.10. The molecule has 1 aromatic heterocycles. The number of aliphatic hydroxyl groups excluding tert-OH is 1. The number of aromatic nitrogens is 2. The molecule has 0 aliphatic heterocycles. The molecule has 1 unspecified atom stereocenters. The predicted octanol–water partition coefficient (Wildman–Crippen LogP) is 2.66. The lowest BCUT2D eigenvalue weighted by molar-refractivity contribution is 0.154. The van der Waals surface area contributed by atoms with Gasteiger partial charge in [0.05, 0.1) is 18.7 Å². The molecule has 5 heteroatoms. The van der Waals surface area contributed by atoms with Crippen LogP contribution in [0.3, 0.4) is 0 Å². The Morgan fingerprint density at radius 1 is 1.08 bits per heavy atom. The Bertz CT molecular complexity index is 831. The van der Waals surface area contributed by atoms with Crippen LogP contribution in [0.2, 0.25) is 0 Å². The number of aliphatic hydroxyl groups is 1. The number of rotatable bonds is 5. The summed E-state index contributed by atoms with van der Waals surface area (Å²) >= 11 is 0. The summed E-state index contributed by atoms with van der Waals surface area (Å²) in [5, 5.41) is 17.5. The molecule has 0 radical (unpaired) electrons. The maximum Gasteiger partial charge on any atom is 0.240 e. The lowest BCUT2D eigenvalue weighted by Crippen LogP contribution is -2.43. The summed E-state index contributed by atoms with van der Waals surface area (Å²) in [6, 6.07) is 18.0. The van der Waals surface area contributed by atoms with E-state index in [1.165, 1.54) is 5.56 Å². The molecule has 0 saturated carbocycles. The minimum absolute atomic E-state index is 0.0453. The summed E-state index contributed by atoms with van der Waals surface area (Å²) in [5.41, 5.74) is 2.94. The van der Waals surface area contributed by atoms with Crippen LogP contribution in [0.1, 0.15) is 23.4 Å². The van der Waals surface area contributed by atoms with Gasteiger partial charge >= 0.3 is 0 Å². The lowest BCUT2D eigenvalue weighted by Gasteiger charge is -2.29. The van der Waals surface area contributed by atoms with Crippen LogP contribution in [-0.4, -0.2) is 21.9 Å². The van der Waals surface area contributed by atoms with E-state index < -0.39 is 5.54 Å². The Hall–Kier alpha value is -2.50. The van der Waals surface area contributed by atoms with Crippen LogP contribution in [0.4, 0.5) is 0 Å². The maximum absolute atomic E-state index is 10.00. The van der Waals surface area contributed by atoms with Crippen LogP contribution in [0.15, 0.2) is 59.1 Å². The zero-order valence-corrected chi connectivity index (χ0v) is 13.3. The highest BCUT2D eigenvalue weighted by atomic mass is 16.5. The molecule has 0 saturated heterocycles. The average molecular weight is 321 g/mol. The molecule has 122 valence electrons. The topological polar surface area (TPSA) is 71.2 Å². The number of nitrogens with one attached hydrogen (secondary N) is 1. The van der Waals surface area contributed by atoms with E-state index in [0.29, 0.717) is 18.3 Å². The summed E-state index contributed by atoms with van der Waals surface area (Å²) in [7, 11) is 0. The molecule has 5 nitrogen and oxygen atoms in total. The third-order valence-electron chi connectivity index (χ3n) is 4.70. The second-order valence-corrected chi connectivity index (χ2v) is 6.13. The first-order chi connectivity index (χ1) is 11.8. The Morgan fingerprint density at radius 3 is 2.71 bits per heavy atom. The number of hydrogen-bond donors (Lipinski definition) is 2. The van der Waals surface area contributed by atoms with Gasteiger partial charge in [-0.05, 0) is 24.0 Å². The third-order valence-corrected chi connectivity index (χ3v) is 4.70. The van der Waals surface area contributed by atoms with Gasteiger partial charge in [-0.25, -0.2) is 0 Å². The van der Waals surface area contributed by atoms with Crippen molar-refractivity contribution in [3.05, 3.63) is 71.6 Å². The van der Waals surface area contributed by atoms with Gasteiger partial charge in [0.25, 0.3) is 0 Å². The van der Waals surface area contributed by atoms with Crippen molar-refractivity contribution < 1.29 is 9.63 Å². The van der Waals surface area contributed by atoms with Crippen molar-refractivity contribution in [1.29, 1.82) is 0 Å². The maximum atomic E-state index is 10.00. The van der Waals surface area contributed by atoms with Gasteiger partial charge in [0.15, 0.2) is 0 Å². The first-order valence-electron chi connectivity index (χ1n) is 8.13. The van der Waals surface area contributed by atoms with E-state index in [1.54, 1.807) is 0 Å². The molecule has 1 aliphatic carbocycles. The molecular formula is C19H19N3O2. The summed E-state index contributed by atoms with van der Waals surface area (Å²) in [6.45, 7) is 0.471. The van der Waals surface area contributed by atoms with Crippen molar-refractivity contribution in [3.8, 4) is 11.4 Å². The van der Waals surface area contributed by atoms with E-state index in [-0.39, 0.29) is 6.61 Å². The van der Waals surface area contributed by atoms with Crippen LogP contribution >= 0.6 is 0 Å². The van der Waals surface area contributed by atoms with Crippen molar-refractivity contribution in [2.24, 2.45) is 0 Å². The van der Waals surface area contributed by atoms with Crippen LogP contribution in [0, 0.1) is 0 Å². The molecule has 3 aromatic rings. The first-order valence-corrected chi connectivity index (χ1v) is 8.13. The van der Waals surface area contributed by atoms with Crippen molar-refractivity contribution in [3.63, 3.8) is 0 Å². The van der Waals surface area contributed by atoms with Gasteiger partial charge in [-0.15, -0.1) is 0 Å².